The SMILES string of the molecule is CCc1ccc(C(=O)NNC(=O)c2ccc(Cl)cc2)cc1. The fourth-order valence-corrected chi connectivity index (χ4v) is 1.88. The van der Waals surface area contributed by atoms with Crippen molar-refractivity contribution in [1.29, 1.82) is 0 Å². The molecule has 0 aliphatic carbocycles. The van der Waals surface area contributed by atoms with Gasteiger partial charge in [0.15, 0.2) is 0 Å². The summed E-state index contributed by atoms with van der Waals surface area (Å²) in [5.41, 5.74) is 6.80. The zero-order valence-corrected chi connectivity index (χ0v) is 12.3. The Morgan fingerprint density at radius 1 is 0.857 bits per heavy atom. The lowest BCUT2D eigenvalue weighted by Crippen LogP contribution is -2.41. The van der Waals surface area contributed by atoms with E-state index in [9.17, 15) is 9.59 Å². The molecule has 2 amide bonds. The highest BCUT2D eigenvalue weighted by atomic mass is 35.5. The molecule has 0 unspecified atom stereocenters. The average Bonchev–Trinajstić information content (AvgIpc) is 2.53. The summed E-state index contributed by atoms with van der Waals surface area (Å²) in [5.74, 6) is -0.759. The molecule has 0 aliphatic rings. The minimum atomic E-state index is -0.398. The highest BCUT2D eigenvalue weighted by Crippen LogP contribution is 2.09. The fraction of sp³-hybridized carbons (Fsp3) is 0.125. The standard InChI is InChI=1S/C16H15ClN2O2/c1-2-11-3-5-12(6-4-11)15(20)18-19-16(21)13-7-9-14(17)10-8-13/h3-10H,2H2,1H3,(H,18,20)(H,19,21). The predicted molar refractivity (Wildman–Crippen MR) is 82.2 cm³/mol. The number of hydrogen-bond donors (Lipinski definition) is 2. The molecule has 4 nitrogen and oxygen atoms in total. The minimum absolute atomic E-state index is 0.361. The quantitative estimate of drug-likeness (QED) is 0.856. The Balaban J connectivity index is 1.93. The summed E-state index contributed by atoms with van der Waals surface area (Å²) in [7, 11) is 0. The van der Waals surface area contributed by atoms with Crippen molar-refractivity contribution in [3.05, 3.63) is 70.2 Å². The molecule has 2 N–H and O–H groups in total. The zero-order valence-electron chi connectivity index (χ0n) is 11.5. The van der Waals surface area contributed by atoms with Crippen LogP contribution >= 0.6 is 11.6 Å². The number of hydrogen-bond acceptors (Lipinski definition) is 2. The maximum atomic E-state index is 11.9. The summed E-state index contributed by atoms with van der Waals surface area (Å²) in [6.07, 6.45) is 0.912. The molecule has 0 aliphatic heterocycles. The van der Waals surface area contributed by atoms with E-state index in [0.717, 1.165) is 12.0 Å². The van der Waals surface area contributed by atoms with Gasteiger partial charge in [-0.2, -0.15) is 0 Å². The molecule has 2 rings (SSSR count). The van der Waals surface area contributed by atoms with E-state index in [1.165, 1.54) is 0 Å². The van der Waals surface area contributed by atoms with Crippen molar-refractivity contribution in [2.75, 3.05) is 0 Å². The molecule has 0 spiro atoms. The fourth-order valence-electron chi connectivity index (χ4n) is 1.75. The Morgan fingerprint density at radius 3 is 1.71 bits per heavy atom. The van der Waals surface area contributed by atoms with Crippen molar-refractivity contribution in [3.63, 3.8) is 0 Å². The second kappa shape index (κ2) is 6.90. The predicted octanol–water partition coefficient (Wildman–Crippen LogP) is 2.98. The van der Waals surface area contributed by atoms with Gasteiger partial charge in [-0.05, 0) is 48.4 Å². The van der Waals surface area contributed by atoms with E-state index in [-0.39, 0.29) is 5.91 Å². The van der Waals surface area contributed by atoms with Gasteiger partial charge in [-0.25, -0.2) is 0 Å². The summed E-state index contributed by atoms with van der Waals surface area (Å²) >= 11 is 5.75. The molecule has 0 aromatic heterocycles. The van der Waals surface area contributed by atoms with Crippen LogP contribution < -0.4 is 10.9 Å². The topological polar surface area (TPSA) is 58.2 Å². The van der Waals surface area contributed by atoms with Crippen molar-refractivity contribution in [3.8, 4) is 0 Å². The van der Waals surface area contributed by atoms with Crippen LogP contribution in [-0.4, -0.2) is 11.8 Å². The second-order valence-electron chi connectivity index (χ2n) is 4.47. The first-order valence-corrected chi connectivity index (χ1v) is 6.93. The lowest BCUT2D eigenvalue weighted by atomic mass is 10.1. The van der Waals surface area contributed by atoms with Crippen molar-refractivity contribution in [2.45, 2.75) is 13.3 Å². The monoisotopic (exact) mass is 302 g/mol. The van der Waals surface area contributed by atoms with Gasteiger partial charge in [-0.1, -0.05) is 30.7 Å². The first-order chi connectivity index (χ1) is 10.1. The molecule has 0 heterocycles. The number of amides is 2. The third-order valence-electron chi connectivity index (χ3n) is 3.02. The molecule has 0 saturated carbocycles. The van der Waals surface area contributed by atoms with Crippen molar-refractivity contribution < 1.29 is 9.59 Å². The maximum Gasteiger partial charge on any atom is 0.269 e. The summed E-state index contributed by atoms with van der Waals surface area (Å²) in [6.45, 7) is 2.04. The Kier molecular flexibility index (Phi) is 4.95. The van der Waals surface area contributed by atoms with Gasteiger partial charge in [0.1, 0.15) is 0 Å². The number of carbonyl (C=O) groups excluding carboxylic acids is 2. The van der Waals surface area contributed by atoms with Crippen molar-refractivity contribution >= 4 is 23.4 Å². The smallest absolute Gasteiger partial charge is 0.267 e. The largest absolute Gasteiger partial charge is 0.269 e. The van der Waals surface area contributed by atoms with Crippen LogP contribution in [0.1, 0.15) is 33.2 Å². The van der Waals surface area contributed by atoms with Gasteiger partial charge in [0.2, 0.25) is 0 Å². The van der Waals surface area contributed by atoms with Crippen LogP contribution in [-0.2, 0) is 6.42 Å². The molecule has 0 bridgehead atoms. The molecule has 21 heavy (non-hydrogen) atoms. The van der Waals surface area contributed by atoms with E-state index in [1.54, 1.807) is 36.4 Å². The van der Waals surface area contributed by atoms with Gasteiger partial charge in [0, 0.05) is 16.1 Å². The summed E-state index contributed by atoms with van der Waals surface area (Å²) < 4.78 is 0. The first-order valence-electron chi connectivity index (χ1n) is 6.55. The van der Waals surface area contributed by atoms with Crippen LogP contribution in [0.25, 0.3) is 0 Å². The van der Waals surface area contributed by atoms with Crippen LogP contribution in [0.15, 0.2) is 48.5 Å². The number of aryl methyl sites for hydroxylation is 1. The number of rotatable bonds is 3. The van der Waals surface area contributed by atoms with Gasteiger partial charge in [-0.3, -0.25) is 20.4 Å². The Bertz CT molecular complexity index is 636. The molecule has 5 heteroatoms. The summed E-state index contributed by atoms with van der Waals surface area (Å²) in [5, 5.41) is 0.548. The Hall–Kier alpha value is -2.33. The Morgan fingerprint density at radius 2 is 1.29 bits per heavy atom. The molecule has 0 atom stereocenters. The Labute approximate surface area is 128 Å². The first kappa shape index (κ1) is 15.1. The highest BCUT2D eigenvalue weighted by Gasteiger charge is 2.08. The number of hydrazine groups is 1. The number of nitrogens with one attached hydrogen (secondary N) is 2. The number of halogens is 1. The second-order valence-corrected chi connectivity index (χ2v) is 4.90. The van der Waals surface area contributed by atoms with Crippen LogP contribution in [0, 0.1) is 0 Å². The van der Waals surface area contributed by atoms with Gasteiger partial charge in [0.05, 0.1) is 0 Å². The van der Waals surface area contributed by atoms with E-state index < -0.39 is 5.91 Å². The van der Waals surface area contributed by atoms with Gasteiger partial charge >= 0.3 is 0 Å². The molecule has 0 radical (unpaired) electrons. The van der Waals surface area contributed by atoms with Crippen molar-refractivity contribution in [1.82, 2.24) is 10.9 Å². The van der Waals surface area contributed by atoms with E-state index in [2.05, 4.69) is 10.9 Å². The summed E-state index contributed by atoms with van der Waals surface area (Å²) in [4.78, 5) is 23.7. The van der Waals surface area contributed by atoms with Gasteiger partial charge in [0.25, 0.3) is 11.8 Å². The molecule has 0 fully saturated rings. The van der Waals surface area contributed by atoms with E-state index >= 15 is 0 Å². The van der Waals surface area contributed by atoms with Gasteiger partial charge < -0.3 is 0 Å². The summed E-state index contributed by atoms with van der Waals surface area (Å²) in [6, 6.07) is 13.6. The maximum absolute atomic E-state index is 11.9. The molecule has 108 valence electrons. The van der Waals surface area contributed by atoms with Crippen LogP contribution in [0.5, 0.6) is 0 Å². The van der Waals surface area contributed by atoms with Crippen LogP contribution in [0.3, 0.4) is 0 Å². The molecular weight excluding hydrogens is 288 g/mol. The van der Waals surface area contributed by atoms with Crippen LogP contribution in [0.2, 0.25) is 5.02 Å². The minimum Gasteiger partial charge on any atom is -0.267 e. The molecular formula is C16H15ClN2O2. The van der Waals surface area contributed by atoms with E-state index in [0.29, 0.717) is 16.1 Å². The average molecular weight is 303 g/mol. The molecule has 2 aromatic carbocycles. The molecule has 2 aromatic rings. The number of benzene rings is 2. The van der Waals surface area contributed by atoms with Crippen LogP contribution in [0.4, 0.5) is 0 Å². The normalized spacial score (nSPS) is 10.0. The highest BCUT2D eigenvalue weighted by molar-refractivity contribution is 6.30. The van der Waals surface area contributed by atoms with E-state index in [4.69, 9.17) is 11.6 Å². The lowest BCUT2D eigenvalue weighted by molar-refractivity contribution is 0.0846. The van der Waals surface area contributed by atoms with E-state index in [1.807, 2.05) is 19.1 Å². The van der Waals surface area contributed by atoms with Crippen molar-refractivity contribution in [2.24, 2.45) is 0 Å². The third-order valence-corrected chi connectivity index (χ3v) is 3.27. The molecule has 0 saturated heterocycles. The van der Waals surface area contributed by atoms with Gasteiger partial charge in [-0.15, -0.1) is 0 Å². The third kappa shape index (κ3) is 4.07. The number of carbonyl (C=O) groups is 2. The lowest BCUT2D eigenvalue weighted by Gasteiger charge is -2.08. The zero-order chi connectivity index (χ0) is 15.2.